The summed E-state index contributed by atoms with van der Waals surface area (Å²) in [6, 6.07) is 0. The predicted octanol–water partition coefficient (Wildman–Crippen LogP) is 5.20. The largest absolute Gasteiger partial charge is 0.335 e. The van der Waals surface area contributed by atoms with Crippen molar-refractivity contribution in [2.45, 2.75) is 68.4 Å². The first-order valence-corrected chi connectivity index (χ1v) is 10.6. The molecule has 3 rings (SSSR count). The summed E-state index contributed by atoms with van der Waals surface area (Å²) in [5, 5.41) is 0. The van der Waals surface area contributed by atoms with Gasteiger partial charge in [-0.05, 0) is 12.3 Å². The Hall–Kier alpha value is -0.0900. The number of thioether (sulfide) groups is 2. The van der Waals surface area contributed by atoms with E-state index in [0.717, 1.165) is 12.5 Å². The van der Waals surface area contributed by atoms with E-state index in [9.17, 15) is 0 Å². The highest BCUT2D eigenvalue weighted by Gasteiger charge is 2.35. The molecule has 1 aliphatic heterocycles. The quantitative estimate of drug-likeness (QED) is 0.642. The SMILES string of the molecule is c1cn(CC2(CCCCC3CCCCC3)SCCS2)cn1. The standard InChI is InChI=1S/C17H28N2S2/c1-2-6-16(7-3-1)8-4-5-9-17(20-12-13-21-17)14-19-11-10-18-15-19/h10-11,15-16H,1-9,12-14H2. The molecule has 2 heterocycles. The molecular formula is C17H28N2S2. The number of unbranched alkanes of at least 4 members (excludes halogenated alkanes) is 1. The molecule has 1 aromatic rings. The molecule has 2 fully saturated rings. The highest BCUT2D eigenvalue weighted by atomic mass is 32.2. The minimum Gasteiger partial charge on any atom is -0.335 e. The van der Waals surface area contributed by atoms with Crippen molar-refractivity contribution in [1.29, 1.82) is 0 Å². The van der Waals surface area contributed by atoms with Crippen LogP contribution in [0.1, 0.15) is 57.8 Å². The van der Waals surface area contributed by atoms with Gasteiger partial charge in [0.25, 0.3) is 0 Å². The highest BCUT2D eigenvalue weighted by molar-refractivity contribution is 8.21. The van der Waals surface area contributed by atoms with Crippen LogP contribution in [0.4, 0.5) is 0 Å². The molecule has 0 unspecified atom stereocenters. The van der Waals surface area contributed by atoms with Gasteiger partial charge in [-0.3, -0.25) is 0 Å². The van der Waals surface area contributed by atoms with Crippen LogP contribution >= 0.6 is 23.5 Å². The molecule has 2 nitrogen and oxygen atoms in total. The summed E-state index contributed by atoms with van der Waals surface area (Å²) in [6.45, 7) is 1.13. The van der Waals surface area contributed by atoms with Crippen molar-refractivity contribution < 1.29 is 0 Å². The first-order valence-electron chi connectivity index (χ1n) is 8.60. The van der Waals surface area contributed by atoms with Crippen LogP contribution in [-0.4, -0.2) is 25.1 Å². The first kappa shape index (κ1) is 15.8. The van der Waals surface area contributed by atoms with Gasteiger partial charge in [-0.2, -0.15) is 0 Å². The Bertz CT molecular complexity index is 393. The lowest BCUT2D eigenvalue weighted by atomic mass is 9.85. The van der Waals surface area contributed by atoms with Crippen molar-refractivity contribution in [3.8, 4) is 0 Å². The van der Waals surface area contributed by atoms with E-state index in [2.05, 4.69) is 39.3 Å². The number of aromatic nitrogens is 2. The van der Waals surface area contributed by atoms with Crippen molar-refractivity contribution in [3.63, 3.8) is 0 Å². The number of hydrogen-bond acceptors (Lipinski definition) is 3. The Kier molecular flexibility index (Phi) is 5.98. The topological polar surface area (TPSA) is 17.8 Å². The van der Waals surface area contributed by atoms with E-state index in [-0.39, 0.29) is 0 Å². The van der Waals surface area contributed by atoms with Gasteiger partial charge >= 0.3 is 0 Å². The van der Waals surface area contributed by atoms with Crippen LogP contribution in [0, 0.1) is 5.92 Å². The summed E-state index contributed by atoms with van der Waals surface area (Å²) in [5.41, 5.74) is 0. The second-order valence-electron chi connectivity index (χ2n) is 6.59. The fourth-order valence-corrected chi connectivity index (χ4v) is 7.08. The van der Waals surface area contributed by atoms with E-state index >= 15 is 0 Å². The zero-order valence-corrected chi connectivity index (χ0v) is 14.6. The maximum atomic E-state index is 4.20. The van der Waals surface area contributed by atoms with E-state index in [1.165, 1.54) is 69.3 Å². The van der Waals surface area contributed by atoms with Crippen LogP contribution in [-0.2, 0) is 6.54 Å². The number of nitrogens with zero attached hydrogens (tertiary/aromatic N) is 2. The predicted molar refractivity (Wildman–Crippen MR) is 94.9 cm³/mol. The summed E-state index contributed by atoms with van der Waals surface area (Å²) in [5.74, 6) is 3.69. The third-order valence-corrected chi connectivity index (χ3v) is 8.44. The fourth-order valence-electron chi connectivity index (χ4n) is 3.77. The molecule has 21 heavy (non-hydrogen) atoms. The zero-order valence-electron chi connectivity index (χ0n) is 13.0. The minimum atomic E-state index is 0.424. The molecule has 0 spiro atoms. The van der Waals surface area contributed by atoms with Gasteiger partial charge in [0, 0.05) is 30.4 Å². The Morgan fingerprint density at radius 1 is 1.10 bits per heavy atom. The van der Waals surface area contributed by atoms with Gasteiger partial charge in [0.15, 0.2) is 0 Å². The summed E-state index contributed by atoms with van der Waals surface area (Å²) in [4.78, 5) is 4.20. The van der Waals surface area contributed by atoms with Crippen LogP contribution < -0.4 is 0 Å². The van der Waals surface area contributed by atoms with Crippen molar-refractivity contribution in [3.05, 3.63) is 18.7 Å². The van der Waals surface area contributed by atoms with E-state index in [1.807, 2.05) is 12.5 Å². The summed E-state index contributed by atoms with van der Waals surface area (Å²) in [6.07, 6.45) is 19.2. The van der Waals surface area contributed by atoms with E-state index < -0.39 is 0 Å². The minimum absolute atomic E-state index is 0.424. The molecule has 0 bridgehead atoms. The van der Waals surface area contributed by atoms with Gasteiger partial charge in [-0.15, -0.1) is 23.5 Å². The fraction of sp³-hybridized carbons (Fsp3) is 0.824. The molecule has 0 aromatic carbocycles. The molecule has 0 radical (unpaired) electrons. The molecule has 1 saturated carbocycles. The smallest absolute Gasteiger partial charge is 0.0946 e. The number of hydrogen-bond donors (Lipinski definition) is 0. The van der Waals surface area contributed by atoms with Crippen LogP contribution in [0.5, 0.6) is 0 Å². The molecule has 1 saturated heterocycles. The Balaban J connectivity index is 1.42. The molecule has 0 N–H and O–H groups in total. The number of rotatable bonds is 7. The molecule has 0 atom stereocenters. The van der Waals surface area contributed by atoms with Crippen LogP contribution in [0.15, 0.2) is 18.7 Å². The van der Waals surface area contributed by atoms with E-state index in [0.29, 0.717) is 4.08 Å². The number of imidazole rings is 1. The summed E-state index contributed by atoms with van der Waals surface area (Å²) in [7, 11) is 0. The van der Waals surface area contributed by atoms with Crippen molar-refractivity contribution in [2.75, 3.05) is 11.5 Å². The van der Waals surface area contributed by atoms with Crippen molar-refractivity contribution in [1.82, 2.24) is 9.55 Å². The van der Waals surface area contributed by atoms with Gasteiger partial charge < -0.3 is 4.57 Å². The van der Waals surface area contributed by atoms with Crippen molar-refractivity contribution in [2.24, 2.45) is 5.92 Å². The summed E-state index contributed by atoms with van der Waals surface area (Å²) >= 11 is 4.38. The Morgan fingerprint density at radius 2 is 1.90 bits per heavy atom. The van der Waals surface area contributed by atoms with Crippen LogP contribution in [0.25, 0.3) is 0 Å². The molecule has 118 valence electrons. The maximum Gasteiger partial charge on any atom is 0.0946 e. The third kappa shape index (κ3) is 4.69. The average Bonchev–Trinajstić information content (AvgIpc) is 3.18. The Labute approximate surface area is 137 Å². The molecule has 1 aromatic heterocycles. The van der Waals surface area contributed by atoms with Gasteiger partial charge in [-0.1, -0.05) is 51.4 Å². The summed E-state index contributed by atoms with van der Waals surface area (Å²) < 4.78 is 2.69. The van der Waals surface area contributed by atoms with Gasteiger partial charge in [-0.25, -0.2) is 4.98 Å². The molecule has 2 aliphatic rings. The molecule has 0 amide bonds. The van der Waals surface area contributed by atoms with Gasteiger partial charge in [0.1, 0.15) is 0 Å². The van der Waals surface area contributed by atoms with Gasteiger partial charge in [0.2, 0.25) is 0 Å². The maximum absolute atomic E-state index is 4.20. The second-order valence-corrected chi connectivity index (χ2v) is 9.81. The lowest BCUT2D eigenvalue weighted by Crippen LogP contribution is -2.24. The lowest BCUT2D eigenvalue weighted by Gasteiger charge is -2.28. The first-order chi connectivity index (χ1) is 10.4. The van der Waals surface area contributed by atoms with Gasteiger partial charge in [0.05, 0.1) is 10.4 Å². The van der Waals surface area contributed by atoms with E-state index in [4.69, 9.17) is 0 Å². The molecular weight excluding hydrogens is 296 g/mol. The average molecular weight is 325 g/mol. The lowest BCUT2D eigenvalue weighted by molar-refractivity contribution is 0.327. The molecule has 4 heteroatoms. The monoisotopic (exact) mass is 324 g/mol. The highest BCUT2D eigenvalue weighted by Crippen LogP contribution is 2.48. The Morgan fingerprint density at radius 3 is 2.62 bits per heavy atom. The van der Waals surface area contributed by atoms with E-state index in [1.54, 1.807) is 0 Å². The molecule has 1 aliphatic carbocycles. The van der Waals surface area contributed by atoms with Crippen LogP contribution in [0.2, 0.25) is 0 Å². The second kappa shape index (κ2) is 7.96. The zero-order chi connectivity index (χ0) is 14.4. The van der Waals surface area contributed by atoms with Crippen LogP contribution in [0.3, 0.4) is 0 Å². The normalized spacial score (nSPS) is 22.7. The third-order valence-electron chi connectivity index (χ3n) is 4.94. The van der Waals surface area contributed by atoms with Crippen molar-refractivity contribution >= 4 is 23.5 Å².